The van der Waals surface area contributed by atoms with Gasteiger partial charge < -0.3 is 15.3 Å². The lowest BCUT2D eigenvalue weighted by atomic mass is 10.1. The van der Waals surface area contributed by atoms with E-state index in [2.05, 4.69) is 15.0 Å². The SMILES string of the molecule is OCCCCCc1nc(CCCCCO)nc(CCCCCO)n1. The van der Waals surface area contributed by atoms with Gasteiger partial charge in [0.1, 0.15) is 17.5 Å². The molecule has 0 bridgehead atoms. The minimum absolute atomic E-state index is 0.240. The lowest BCUT2D eigenvalue weighted by molar-refractivity contribution is 0.283. The highest BCUT2D eigenvalue weighted by molar-refractivity contribution is 4.98. The first-order chi connectivity index (χ1) is 11.8. The van der Waals surface area contributed by atoms with Gasteiger partial charge in [-0.1, -0.05) is 19.3 Å². The second-order valence-electron chi connectivity index (χ2n) is 6.19. The van der Waals surface area contributed by atoms with Crippen molar-refractivity contribution in [2.45, 2.75) is 77.0 Å². The van der Waals surface area contributed by atoms with Crippen LogP contribution in [0.4, 0.5) is 0 Å². The highest BCUT2D eigenvalue weighted by atomic mass is 16.3. The molecule has 1 aromatic rings. The zero-order chi connectivity index (χ0) is 17.5. The second-order valence-corrected chi connectivity index (χ2v) is 6.19. The summed E-state index contributed by atoms with van der Waals surface area (Å²) in [5, 5.41) is 26.6. The van der Waals surface area contributed by atoms with Crippen LogP contribution >= 0.6 is 0 Å². The van der Waals surface area contributed by atoms with Crippen LogP contribution in [0, 0.1) is 0 Å². The number of aliphatic hydroxyl groups excluding tert-OH is 3. The zero-order valence-corrected chi connectivity index (χ0v) is 14.8. The third kappa shape index (κ3) is 9.90. The molecule has 1 rings (SSSR count). The maximum Gasteiger partial charge on any atom is 0.132 e. The fourth-order valence-electron chi connectivity index (χ4n) is 2.57. The lowest BCUT2D eigenvalue weighted by Crippen LogP contribution is -2.09. The van der Waals surface area contributed by atoms with E-state index in [0.29, 0.717) is 0 Å². The van der Waals surface area contributed by atoms with Gasteiger partial charge in [-0.3, -0.25) is 0 Å². The topological polar surface area (TPSA) is 99.4 Å². The molecular weight excluding hydrogens is 306 g/mol. The number of aliphatic hydroxyl groups is 3. The van der Waals surface area contributed by atoms with E-state index in [4.69, 9.17) is 15.3 Å². The third-order valence-corrected chi connectivity index (χ3v) is 3.95. The highest BCUT2D eigenvalue weighted by Gasteiger charge is 2.07. The first-order valence-corrected chi connectivity index (χ1v) is 9.35. The van der Waals surface area contributed by atoms with Crippen LogP contribution in [-0.4, -0.2) is 50.1 Å². The van der Waals surface area contributed by atoms with Crippen molar-refractivity contribution >= 4 is 0 Å². The van der Waals surface area contributed by atoms with Gasteiger partial charge >= 0.3 is 0 Å². The van der Waals surface area contributed by atoms with Gasteiger partial charge in [-0.25, -0.2) is 15.0 Å². The predicted molar refractivity (Wildman–Crippen MR) is 93.7 cm³/mol. The fraction of sp³-hybridized carbons (Fsp3) is 0.833. The summed E-state index contributed by atoms with van der Waals surface area (Å²) in [5.74, 6) is 2.58. The number of nitrogens with zero attached hydrogens (tertiary/aromatic N) is 3. The summed E-state index contributed by atoms with van der Waals surface area (Å²) in [6.45, 7) is 0.719. The largest absolute Gasteiger partial charge is 0.396 e. The van der Waals surface area contributed by atoms with Crippen LogP contribution in [0.5, 0.6) is 0 Å². The van der Waals surface area contributed by atoms with Crippen molar-refractivity contribution < 1.29 is 15.3 Å². The minimum atomic E-state index is 0.240. The Bertz CT molecular complexity index is 356. The van der Waals surface area contributed by atoms with Crippen LogP contribution in [0.3, 0.4) is 0 Å². The van der Waals surface area contributed by atoms with Crippen molar-refractivity contribution in [3.05, 3.63) is 17.5 Å². The molecule has 0 aliphatic carbocycles. The quantitative estimate of drug-likeness (QED) is 0.423. The Hall–Kier alpha value is -1.11. The zero-order valence-electron chi connectivity index (χ0n) is 14.8. The summed E-state index contributed by atoms with van der Waals surface area (Å²) < 4.78 is 0. The monoisotopic (exact) mass is 339 g/mol. The van der Waals surface area contributed by atoms with Crippen molar-refractivity contribution in [3.8, 4) is 0 Å². The van der Waals surface area contributed by atoms with E-state index >= 15 is 0 Å². The normalized spacial score (nSPS) is 11.1. The molecule has 0 amide bonds. The Labute approximate surface area is 145 Å². The number of rotatable bonds is 15. The van der Waals surface area contributed by atoms with E-state index in [-0.39, 0.29) is 19.8 Å². The summed E-state index contributed by atoms with van der Waals surface area (Å²) in [7, 11) is 0. The van der Waals surface area contributed by atoms with Gasteiger partial charge in [0.05, 0.1) is 0 Å². The molecule has 1 aromatic heterocycles. The summed E-state index contributed by atoms with van der Waals surface area (Å²) in [6.07, 6.45) is 10.9. The van der Waals surface area contributed by atoms with E-state index in [1.807, 2.05) is 0 Å². The van der Waals surface area contributed by atoms with Gasteiger partial charge in [-0.15, -0.1) is 0 Å². The third-order valence-electron chi connectivity index (χ3n) is 3.95. The molecule has 138 valence electrons. The molecule has 0 radical (unpaired) electrons. The fourth-order valence-corrected chi connectivity index (χ4v) is 2.57. The van der Waals surface area contributed by atoms with Crippen LogP contribution in [-0.2, 0) is 19.3 Å². The minimum Gasteiger partial charge on any atom is -0.396 e. The number of aryl methyl sites for hydroxylation is 3. The van der Waals surface area contributed by atoms with E-state index in [0.717, 1.165) is 94.5 Å². The summed E-state index contributed by atoms with van der Waals surface area (Å²) in [6, 6.07) is 0. The van der Waals surface area contributed by atoms with Crippen molar-refractivity contribution in [1.29, 1.82) is 0 Å². The van der Waals surface area contributed by atoms with Crippen LogP contribution in [0.1, 0.15) is 75.3 Å². The molecule has 0 saturated carbocycles. The van der Waals surface area contributed by atoms with Crippen molar-refractivity contribution in [3.63, 3.8) is 0 Å². The average molecular weight is 339 g/mol. The van der Waals surface area contributed by atoms with Gasteiger partial charge in [-0.2, -0.15) is 0 Å². The number of hydrogen-bond acceptors (Lipinski definition) is 6. The van der Waals surface area contributed by atoms with Gasteiger partial charge in [0, 0.05) is 39.1 Å². The maximum atomic E-state index is 8.86. The molecule has 3 N–H and O–H groups in total. The van der Waals surface area contributed by atoms with Crippen LogP contribution in [0.15, 0.2) is 0 Å². The number of unbranched alkanes of at least 4 members (excludes halogenated alkanes) is 6. The second kappa shape index (κ2) is 14.3. The Morgan fingerprint density at radius 2 is 0.708 bits per heavy atom. The molecule has 0 saturated heterocycles. The van der Waals surface area contributed by atoms with Gasteiger partial charge in [0.25, 0.3) is 0 Å². The maximum absolute atomic E-state index is 8.86. The molecule has 0 aliphatic heterocycles. The summed E-state index contributed by atoms with van der Waals surface area (Å²) in [5.41, 5.74) is 0. The van der Waals surface area contributed by atoms with Crippen molar-refractivity contribution in [1.82, 2.24) is 15.0 Å². The van der Waals surface area contributed by atoms with Gasteiger partial charge in [0.15, 0.2) is 0 Å². The molecule has 0 aliphatic rings. The first kappa shape index (κ1) is 20.9. The molecule has 1 heterocycles. The van der Waals surface area contributed by atoms with Crippen LogP contribution in [0.25, 0.3) is 0 Å². The molecular formula is C18H33N3O3. The van der Waals surface area contributed by atoms with E-state index in [1.54, 1.807) is 0 Å². The molecule has 24 heavy (non-hydrogen) atoms. The van der Waals surface area contributed by atoms with E-state index in [9.17, 15) is 0 Å². The molecule has 0 unspecified atom stereocenters. The summed E-state index contributed by atoms with van der Waals surface area (Å²) >= 11 is 0. The highest BCUT2D eigenvalue weighted by Crippen LogP contribution is 2.09. The van der Waals surface area contributed by atoms with E-state index < -0.39 is 0 Å². The first-order valence-electron chi connectivity index (χ1n) is 9.35. The van der Waals surface area contributed by atoms with Crippen molar-refractivity contribution in [2.75, 3.05) is 19.8 Å². The Balaban J connectivity index is 2.58. The average Bonchev–Trinajstić information content (AvgIpc) is 2.59. The van der Waals surface area contributed by atoms with Crippen LogP contribution < -0.4 is 0 Å². The smallest absolute Gasteiger partial charge is 0.132 e. The van der Waals surface area contributed by atoms with E-state index in [1.165, 1.54) is 0 Å². The molecule has 0 aromatic carbocycles. The van der Waals surface area contributed by atoms with Gasteiger partial charge in [0.2, 0.25) is 0 Å². The molecule has 0 fully saturated rings. The van der Waals surface area contributed by atoms with Crippen molar-refractivity contribution in [2.24, 2.45) is 0 Å². The molecule has 6 heteroatoms. The number of hydrogen-bond donors (Lipinski definition) is 3. The molecule has 6 nitrogen and oxygen atoms in total. The molecule has 0 spiro atoms. The standard InChI is InChI=1S/C18H33N3O3/c22-13-7-1-4-10-16-19-17(11-5-2-8-14-23)21-18(20-16)12-6-3-9-15-24/h22-24H,1-15H2. The Morgan fingerprint density at radius 1 is 0.417 bits per heavy atom. The lowest BCUT2D eigenvalue weighted by Gasteiger charge is -2.07. The Morgan fingerprint density at radius 3 is 0.958 bits per heavy atom. The van der Waals surface area contributed by atoms with Gasteiger partial charge in [-0.05, 0) is 38.5 Å². The summed E-state index contributed by atoms with van der Waals surface area (Å²) in [4.78, 5) is 13.8. The molecule has 0 atom stereocenters. The Kier molecular flexibility index (Phi) is 12.4. The van der Waals surface area contributed by atoms with Crippen LogP contribution in [0.2, 0.25) is 0 Å². The number of aromatic nitrogens is 3. The predicted octanol–water partition coefficient (Wildman–Crippen LogP) is 1.99.